The monoisotopic (exact) mass is 347 g/mol. The number of rotatable bonds is 9. The highest BCUT2D eigenvalue weighted by atomic mass is 16.5. The van der Waals surface area contributed by atoms with Gasteiger partial charge < -0.3 is 14.7 Å². The molecule has 0 aromatic heterocycles. The molecule has 1 aliphatic rings. The molecule has 1 fully saturated rings. The van der Waals surface area contributed by atoms with Crippen molar-refractivity contribution < 1.29 is 14.6 Å². The maximum absolute atomic E-state index is 12.8. The Morgan fingerprint density at radius 2 is 1.92 bits per heavy atom. The van der Waals surface area contributed by atoms with Crippen molar-refractivity contribution >= 4 is 5.91 Å². The molecular weight excluding hydrogens is 314 g/mol. The van der Waals surface area contributed by atoms with Crippen LogP contribution in [-0.2, 0) is 14.9 Å². The molecule has 0 bridgehead atoms. The number of carbonyl (C=O) groups is 1. The summed E-state index contributed by atoms with van der Waals surface area (Å²) in [6, 6.07) is 10.4. The average Bonchev–Trinajstić information content (AvgIpc) is 2.60. The summed E-state index contributed by atoms with van der Waals surface area (Å²) in [6.45, 7) is 7.50. The molecule has 1 heterocycles. The van der Waals surface area contributed by atoms with E-state index >= 15 is 0 Å². The van der Waals surface area contributed by atoms with Gasteiger partial charge in [0.2, 0.25) is 5.91 Å². The second kappa shape index (κ2) is 8.81. The van der Waals surface area contributed by atoms with E-state index in [2.05, 4.69) is 32.9 Å². The number of hydrogen-bond donors (Lipinski definition) is 1. The lowest BCUT2D eigenvalue weighted by molar-refractivity contribution is -0.143. The summed E-state index contributed by atoms with van der Waals surface area (Å²) in [5.74, 6) is 0.496. The zero-order valence-electron chi connectivity index (χ0n) is 16.1. The van der Waals surface area contributed by atoms with E-state index < -0.39 is 0 Å². The molecule has 1 amide bonds. The van der Waals surface area contributed by atoms with Gasteiger partial charge >= 0.3 is 0 Å². The topological polar surface area (TPSA) is 49.8 Å². The van der Waals surface area contributed by atoms with Crippen LogP contribution < -0.4 is 0 Å². The number of β-amino-alcohol motifs (C(OH)–C–C–N with tert-alkyl or cyclic N) is 1. The van der Waals surface area contributed by atoms with Gasteiger partial charge in [-0.15, -0.1) is 0 Å². The first-order valence-electron chi connectivity index (χ1n) is 9.48. The minimum Gasteiger partial charge on any atom is -0.389 e. The Bertz CT molecular complexity index is 537. The van der Waals surface area contributed by atoms with Gasteiger partial charge in [0, 0.05) is 32.0 Å². The van der Waals surface area contributed by atoms with Crippen molar-refractivity contribution in [3.63, 3.8) is 0 Å². The molecule has 2 rings (SSSR count). The van der Waals surface area contributed by atoms with Crippen molar-refractivity contribution in [2.75, 3.05) is 20.2 Å². The molecule has 0 saturated carbocycles. The molecular formula is C21H33NO3. The quantitative estimate of drug-likeness (QED) is 0.745. The first-order chi connectivity index (χ1) is 11.9. The Morgan fingerprint density at radius 1 is 1.28 bits per heavy atom. The highest BCUT2D eigenvalue weighted by molar-refractivity contribution is 5.78. The van der Waals surface area contributed by atoms with Crippen molar-refractivity contribution in [1.82, 2.24) is 4.90 Å². The lowest BCUT2D eigenvalue weighted by Gasteiger charge is -2.43. The van der Waals surface area contributed by atoms with Gasteiger partial charge in [0.15, 0.2) is 0 Å². The van der Waals surface area contributed by atoms with Crippen LogP contribution in [0.15, 0.2) is 30.3 Å². The first kappa shape index (κ1) is 19.9. The fraction of sp³-hybridized carbons (Fsp3) is 0.667. The van der Waals surface area contributed by atoms with E-state index in [0.717, 1.165) is 19.3 Å². The summed E-state index contributed by atoms with van der Waals surface area (Å²) < 4.78 is 5.63. The van der Waals surface area contributed by atoms with Crippen LogP contribution in [0, 0.1) is 5.92 Å². The number of aliphatic hydroxyl groups is 1. The van der Waals surface area contributed by atoms with Gasteiger partial charge in [-0.05, 0) is 24.3 Å². The van der Waals surface area contributed by atoms with Crippen molar-refractivity contribution in [2.24, 2.45) is 5.92 Å². The third-order valence-electron chi connectivity index (χ3n) is 5.90. The highest BCUT2D eigenvalue weighted by Gasteiger charge is 2.40. The van der Waals surface area contributed by atoms with Crippen molar-refractivity contribution in [3.8, 4) is 0 Å². The number of amides is 1. The maximum Gasteiger partial charge on any atom is 0.223 e. The predicted molar refractivity (Wildman–Crippen MR) is 100 cm³/mol. The van der Waals surface area contributed by atoms with E-state index in [9.17, 15) is 9.90 Å². The molecule has 1 aliphatic heterocycles. The van der Waals surface area contributed by atoms with Crippen LogP contribution >= 0.6 is 0 Å². The van der Waals surface area contributed by atoms with Crippen LogP contribution in [0.5, 0.6) is 0 Å². The molecule has 1 N–H and O–H groups in total. The lowest BCUT2D eigenvalue weighted by atomic mass is 9.66. The minimum absolute atomic E-state index is 0.139. The number of aliphatic hydroxyl groups excluding tert-OH is 1. The Hall–Kier alpha value is -1.39. The Kier molecular flexibility index (Phi) is 7.03. The number of nitrogens with zero attached hydrogens (tertiary/aromatic N) is 1. The van der Waals surface area contributed by atoms with Gasteiger partial charge in [0.1, 0.15) is 0 Å². The van der Waals surface area contributed by atoms with Gasteiger partial charge in [-0.25, -0.2) is 0 Å². The Balaban J connectivity index is 2.25. The third kappa shape index (κ3) is 4.62. The van der Waals surface area contributed by atoms with Gasteiger partial charge in [-0.1, -0.05) is 57.5 Å². The summed E-state index contributed by atoms with van der Waals surface area (Å²) in [6.07, 6.45) is 3.26. The van der Waals surface area contributed by atoms with Crippen LogP contribution in [0.2, 0.25) is 0 Å². The van der Waals surface area contributed by atoms with Gasteiger partial charge in [0.05, 0.1) is 12.2 Å². The molecule has 140 valence electrons. The molecule has 25 heavy (non-hydrogen) atoms. The summed E-state index contributed by atoms with van der Waals surface area (Å²) in [7, 11) is 1.77. The first-order valence-corrected chi connectivity index (χ1v) is 9.48. The van der Waals surface area contributed by atoms with E-state index in [1.54, 1.807) is 12.0 Å². The van der Waals surface area contributed by atoms with Crippen LogP contribution in [0.3, 0.4) is 0 Å². The molecule has 0 aliphatic carbocycles. The molecule has 0 spiro atoms. The van der Waals surface area contributed by atoms with Crippen molar-refractivity contribution in [3.05, 3.63) is 35.9 Å². The Labute approximate surface area is 152 Å². The second-order valence-corrected chi connectivity index (χ2v) is 7.52. The predicted octanol–water partition coefficient (Wildman–Crippen LogP) is 3.38. The standard InChI is InChI=1S/C21H33NO3/c1-5-16(12-19(6-2)25-4)21(3,17-10-8-7-9-11-17)13-20(24)22-14-18(23)15-22/h7-11,16,18-19,23H,5-6,12-15H2,1-4H3/t16?,19-,21+/m0/s1. The highest BCUT2D eigenvalue weighted by Crippen LogP contribution is 2.41. The lowest BCUT2D eigenvalue weighted by Crippen LogP contribution is -2.55. The van der Waals surface area contributed by atoms with Gasteiger partial charge in [0.25, 0.3) is 0 Å². The summed E-state index contributed by atoms with van der Waals surface area (Å²) >= 11 is 0. The number of likely N-dealkylation sites (tertiary alicyclic amines) is 1. The SMILES string of the molecule is CCC(C[C@H](CC)OC)[C@@](C)(CC(=O)N1CC(O)C1)c1ccccc1. The van der Waals surface area contributed by atoms with Crippen molar-refractivity contribution in [1.29, 1.82) is 0 Å². The molecule has 1 saturated heterocycles. The number of methoxy groups -OCH3 is 1. The Morgan fingerprint density at radius 3 is 2.40 bits per heavy atom. The third-order valence-corrected chi connectivity index (χ3v) is 5.90. The van der Waals surface area contributed by atoms with Crippen molar-refractivity contribution in [2.45, 2.75) is 64.1 Å². The van der Waals surface area contributed by atoms with Crippen LogP contribution in [0.4, 0.5) is 0 Å². The molecule has 1 unspecified atom stereocenters. The van der Waals surface area contributed by atoms with E-state index in [-0.39, 0.29) is 23.5 Å². The minimum atomic E-state index is -0.355. The molecule has 1 aromatic rings. The van der Waals surface area contributed by atoms with E-state index in [1.165, 1.54) is 5.56 Å². The fourth-order valence-electron chi connectivity index (χ4n) is 4.01. The molecule has 4 nitrogen and oxygen atoms in total. The smallest absolute Gasteiger partial charge is 0.223 e. The molecule has 0 radical (unpaired) electrons. The molecule has 3 atom stereocenters. The summed E-state index contributed by atoms with van der Waals surface area (Å²) in [5.41, 5.74) is 0.974. The van der Waals surface area contributed by atoms with Gasteiger partial charge in [-0.2, -0.15) is 0 Å². The van der Waals surface area contributed by atoms with Crippen LogP contribution in [-0.4, -0.2) is 48.3 Å². The molecule has 4 heteroatoms. The molecule has 1 aromatic carbocycles. The van der Waals surface area contributed by atoms with Gasteiger partial charge in [-0.3, -0.25) is 4.79 Å². The normalized spacial score (nSPS) is 19.8. The largest absolute Gasteiger partial charge is 0.389 e. The number of carbonyl (C=O) groups excluding carboxylic acids is 1. The van der Waals surface area contributed by atoms with E-state index in [4.69, 9.17) is 4.74 Å². The number of ether oxygens (including phenoxy) is 1. The summed E-state index contributed by atoms with van der Waals surface area (Å²) in [5, 5.41) is 9.51. The number of benzene rings is 1. The van der Waals surface area contributed by atoms with E-state index in [1.807, 2.05) is 18.2 Å². The average molecular weight is 347 g/mol. The fourth-order valence-corrected chi connectivity index (χ4v) is 4.01. The summed E-state index contributed by atoms with van der Waals surface area (Å²) in [4.78, 5) is 14.6. The maximum atomic E-state index is 12.8. The van der Waals surface area contributed by atoms with Crippen LogP contribution in [0.1, 0.15) is 52.0 Å². The van der Waals surface area contributed by atoms with E-state index in [0.29, 0.717) is 25.4 Å². The zero-order valence-corrected chi connectivity index (χ0v) is 16.1. The zero-order chi connectivity index (χ0) is 18.4. The van der Waals surface area contributed by atoms with Crippen LogP contribution in [0.25, 0.3) is 0 Å². The second-order valence-electron chi connectivity index (χ2n) is 7.52. The number of hydrogen-bond acceptors (Lipinski definition) is 3.